The van der Waals surface area contributed by atoms with Crippen LogP contribution in [0.15, 0.2) is 41.8 Å². The van der Waals surface area contributed by atoms with Crippen molar-refractivity contribution in [1.82, 2.24) is 10.2 Å². The van der Waals surface area contributed by atoms with Crippen molar-refractivity contribution in [2.24, 2.45) is 0 Å². The van der Waals surface area contributed by atoms with Gasteiger partial charge in [0.25, 0.3) is 5.91 Å². The van der Waals surface area contributed by atoms with Crippen LogP contribution >= 0.6 is 23.7 Å². The zero-order valence-corrected chi connectivity index (χ0v) is 16.4. The molecule has 1 atom stereocenters. The molecule has 1 unspecified atom stereocenters. The van der Waals surface area contributed by atoms with E-state index in [0.717, 1.165) is 24.2 Å². The summed E-state index contributed by atoms with van der Waals surface area (Å²) in [7, 11) is 0. The normalized spacial score (nSPS) is 16.5. The number of hydrogen-bond donors (Lipinski definition) is 1. The van der Waals surface area contributed by atoms with Crippen molar-refractivity contribution in [3.8, 4) is 0 Å². The van der Waals surface area contributed by atoms with Gasteiger partial charge in [0.15, 0.2) is 0 Å². The molecule has 1 aliphatic heterocycles. The molecule has 1 aromatic heterocycles. The van der Waals surface area contributed by atoms with Gasteiger partial charge in [-0.25, -0.2) is 0 Å². The number of nitrogens with zero attached hydrogens (tertiary/aromatic N) is 1. The van der Waals surface area contributed by atoms with Crippen LogP contribution < -0.4 is 5.32 Å². The quantitative estimate of drug-likeness (QED) is 0.808. The van der Waals surface area contributed by atoms with E-state index >= 15 is 0 Å². The summed E-state index contributed by atoms with van der Waals surface area (Å²) in [4.78, 5) is 16.4. The number of nitrogens with one attached hydrogen (secondary N) is 1. The Bertz CT molecular complexity index is 651. The minimum atomic E-state index is 0. The largest absolute Gasteiger partial charge is 0.350 e. The Morgan fingerprint density at radius 1 is 1.16 bits per heavy atom. The lowest BCUT2D eigenvalue weighted by Crippen LogP contribution is -2.38. The van der Waals surface area contributed by atoms with Gasteiger partial charge in [-0.1, -0.05) is 36.6 Å². The number of carbonyl (C=O) groups is 1. The maximum atomic E-state index is 12.5. The van der Waals surface area contributed by atoms with Crippen LogP contribution in [0.4, 0.5) is 0 Å². The lowest BCUT2D eigenvalue weighted by Gasteiger charge is -2.30. The van der Waals surface area contributed by atoms with Crippen molar-refractivity contribution >= 4 is 29.7 Å². The molecule has 2 heterocycles. The highest BCUT2D eigenvalue weighted by atomic mass is 35.5. The van der Waals surface area contributed by atoms with E-state index in [1.807, 2.05) is 31.2 Å². The Morgan fingerprint density at radius 2 is 1.92 bits per heavy atom. The van der Waals surface area contributed by atoms with Crippen molar-refractivity contribution in [1.29, 1.82) is 0 Å². The minimum absolute atomic E-state index is 0. The first-order valence-electron chi connectivity index (χ1n) is 8.86. The van der Waals surface area contributed by atoms with E-state index in [0.29, 0.717) is 6.54 Å². The van der Waals surface area contributed by atoms with E-state index < -0.39 is 0 Å². The molecule has 0 saturated carbocycles. The van der Waals surface area contributed by atoms with Crippen molar-refractivity contribution in [2.75, 3.05) is 19.6 Å². The van der Waals surface area contributed by atoms with E-state index in [-0.39, 0.29) is 24.4 Å². The molecule has 0 radical (unpaired) electrons. The molecule has 3 rings (SSSR count). The van der Waals surface area contributed by atoms with Crippen LogP contribution in [0.2, 0.25) is 0 Å². The van der Waals surface area contributed by atoms with E-state index in [4.69, 9.17) is 0 Å². The molecule has 0 bridgehead atoms. The zero-order valence-electron chi connectivity index (χ0n) is 14.7. The highest BCUT2D eigenvalue weighted by Gasteiger charge is 2.23. The van der Waals surface area contributed by atoms with Crippen molar-refractivity contribution in [3.05, 3.63) is 57.8 Å². The zero-order chi connectivity index (χ0) is 16.8. The average molecular weight is 379 g/mol. The van der Waals surface area contributed by atoms with Crippen molar-refractivity contribution in [2.45, 2.75) is 38.6 Å². The second kappa shape index (κ2) is 9.95. The molecule has 1 aromatic carbocycles. The topological polar surface area (TPSA) is 32.3 Å². The van der Waals surface area contributed by atoms with Gasteiger partial charge in [0.2, 0.25) is 0 Å². The fourth-order valence-electron chi connectivity index (χ4n) is 3.38. The SMILES string of the molecule is Cc1cccc(C(=O)NCC(c2cccs2)N2CCCCCC2)c1.Cl. The summed E-state index contributed by atoms with van der Waals surface area (Å²) in [6.45, 7) is 4.95. The molecule has 1 amide bonds. The van der Waals surface area contributed by atoms with Gasteiger partial charge in [-0.3, -0.25) is 9.69 Å². The summed E-state index contributed by atoms with van der Waals surface area (Å²) in [5, 5.41) is 5.29. The Kier molecular flexibility index (Phi) is 7.94. The summed E-state index contributed by atoms with van der Waals surface area (Å²) in [5.41, 5.74) is 1.86. The standard InChI is InChI=1S/C20H26N2OS.ClH/c1-16-8-6-9-17(14-16)20(23)21-15-18(19-10-7-13-24-19)22-11-4-2-3-5-12-22;/h6-10,13-14,18H,2-5,11-12,15H2,1H3,(H,21,23);1H. The molecule has 1 aliphatic rings. The molecule has 136 valence electrons. The third-order valence-corrected chi connectivity index (χ3v) is 5.66. The molecular weight excluding hydrogens is 352 g/mol. The first-order valence-corrected chi connectivity index (χ1v) is 9.74. The number of aryl methyl sites for hydroxylation is 1. The van der Waals surface area contributed by atoms with Crippen molar-refractivity contribution < 1.29 is 4.79 Å². The van der Waals surface area contributed by atoms with Crippen LogP contribution in [-0.2, 0) is 0 Å². The average Bonchev–Trinajstić information content (AvgIpc) is 2.98. The molecule has 0 spiro atoms. The summed E-state index contributed by atoms with van der Waals surface area (Å²) in [6.07, 6.45) is 5.16. The third kappa shape index (κ3) is 5.56. The van der Waals surface area contributed by atoms with Crippen LogP contribution in [-0.4, -0.2) is 30.4 Å². The summed E-state index contributed by atoms with van der Waals surface area (Å²) >= 11 is 1.79. The van der Waals surface area contributed by atoms with Crippen LogP contribution in [0.3, 0.4) is 0 Å². The lowest BCUT2D eigenvalue weighted by molar-refractivity contribution is 0.0934. The molecule has 1 saturated heterocycles. The summed E-state index contributed by atoms with van der Waals surface area (Å²) in [5.74, 6) is 0.0232. The first-order chi connectivity index (χ1) is 11.7. The Hall–Kier alpha value is -1.36. The van der Waals surface area contributed by atoms with Gasteiger partial charge in [-0.2, -0.15) is 0 Å². The fourth-order valence-corrected chi connectivity index (χ4v) is 4.24. The molecule has 3 nitrogen and oxygen atoms in total. The highest BCUT2D eigenvalue weighted by molar-refractivity contribution is 7.10. The molecule has 1 N–H and O–H groups in total. The Labute approximate surface area is 160 Å². The second-order valence-electron chi connectivity index (χ2n) is 6.56. The molecule has 25 heavy (non-hydrogen) atoms. The van der Waals surface area contributed by atoms with E-state index in [9.17, 15) is 4.79 Å². The van der Waals surface area contributed by atoms with Crippen LogP contribution in [0.5, 0.6) is 0 Å². The van der Waals surface area contributed by atoms with Crippen LogP contribution in [0.25, 0.3) is 0 Å². The Morgan fingerprint density at radius 3 is 2.56 bits per heavy atom. The number of benzene rings is 1. The lowest BCUT2D eigenvalue weighted by atomic mass is 10.1. The van der Waals surface area contributed by atoms with Crippen LogP contribution in [0.1, 0.15) is 52.5 Å². The second-order valence-corrected chi connectivity index (χ2v) is 7.54. The molecule has 2 aromatic rings. The third-order valence-electron chi connectivity index (χ3n) is 4.69. The molecule has 1 fully saturated rings. The Balaban J connectivity index is 0.00000225. The minimum Gasteiger partial charge on any atom is -0.350 e. The summed E-state index contributed by atoms with van der Waals surface area (Å²) < 4.78 is 0. The monoisotopic (exact) mass is 378 g/mol. The van der Waals surface area contributed by atoms with Gasteiger partial charge in [0.05, 0.1) is 6.04 Å². The van der Waals surface area contributed by atoms with Gasteiger partial charge in [0.1, 0.15) is 0 Å². The van der Waals surface area contributed by atoms with E-state index in [2.05, 4.69) is 27.7 Å². The number of halogens is 1. The maximum absolute atomic E-state index is 12.5. The molecule has 0 aliphatic carbocycles. The first kappa shape index (κ1) is 20.0. The van der Waals surface area contributed by atoms with Gasteiger partial charge in [-0.05, 0) is 56.4 Å². The van der Waals surface area contributed by atoms with Gasteiger partial charge in [0, 0.05) is 17.0 Å². The predicted molar refractivity (Wildman–Crippen MR) is 108 cm³/mol. The molecular formula is C20H27ClN2OS. The predicted octanol–water partition coefficient (Wildman–Crippen LogP) is 4.83. The number of carbonyl (C=O) groups excluding carboxylic acids is 1. The van der Waals surface area contributed by atoms with Crippen LogP contribution in [0, 0.1) is 6.92 Å². The number of amides is 1. The van der Waals surface area contributed by atoms with Gasteiger partial charge < -0.3 is 5.32 Å². The number of rotatable bonds is 5. The van der Waals surface area contributed by atoms with E-state index in [1.165, 1.54) is 30.6 Å². The summed E-state index contributed by atoms with van der Waals surface area (Å²) in [6, 6.07) is 12.4. The van der Waals surface area contributed by atoms with E-state index in [1.54, 1.807) is 11.3 Å². The number of likely N-dealkylation sites (tertiary alicyclic amines) is 1. The smallest absolute Gasteiger partial charge is 0.251 e. The van der Waals surface area contributed by atoms with Crippen molar-refractivity contribution in [3.63, 3.8) is 0 Å². The fraction of sp³-hybridized carbons (Fsp3) is 0.450. The molecule has 5 heteroatoms. The van der Waals surface area contributed by atoms with Gasteiger partial charge >= 0.3 is 0 Å². The highest BCUT2D eigenvalue weighted by Crippen LogP contribution is 2.27. The number of thiophene rings is 1. The maximum Gasteiger partial charge on any atom is 0.251 e. The van der Waals surface area contributed by atoms with Gasteiger partial charge in [-0.15, -0.1) is 23.7 Å². The number of hydrogen-bond acceptors (Lipinski definition) is 3.